The predicted molar refractivity (Wildman–Crippen MR) is 66.1 cm³/mol. The van der Waals surface area contributed by atoms with Gasteiger partial charge in [0.2, 0.25) is 0 Å². The molecule has 1 N–H and O–H groups in total. The number of rotatable bonds is 3. The minimum atomic E-state index is -0.349. The molecular formula is C13H16N2O2. The van der Waals surface area contributed by atoms with Gasteiger partial charge in [-0.05, 0) is 18.6 Å². The van der Waals surface area contributed by atoms with E-state index in [0.29, 0.717) is 17.0 Å². The van der Waals surface area contributed by atoms with Crippen molar-refractivity contribution in [3.63, 3.8) is 0 Å². The summed E-state index contributed by atoms with van der Waals surface area (Å²) in [4.78, 5) is 19.3. The number of hydrogen-bond donors (Lipinski definition) is 1. The number of esters is 1. The van der Waals surface area contributed by atoms with Gasteiger partial charge in [0.05, 0.1) is 18.2 Å². The number of imidazole rings is 1. The molecule has 1 unspecified atom stereocenters. The van der Waals surface area contributed by atoms with E-state index >= 15 is 0 Å². The van der Waals surface area contributed by atoms with Gasteiger partial charge in [0.1, 0.15) is 11.3 Å². The summed E-state index contributed by atoms with van der Waals surface area (Å²) in [7, 11) is 1.38. The number of para-hydroxylation sites is 1. The molecule has 0 fully saturated rings. The Kier molecular flexibility index (Phi) is 3.13. The topological polar surface area (TPSA) is 55.0 Å². The van der Waals surface area contributed by atoms with Crippen molar-refractivity contribution < 1.29 is 9.53 Å². The van der Waals surface area contributed by atoms with Crippen molar-refractivity contribution in [3.05, 3.63) is 29.6 Å². The number of H-pyrrole nitrogens is 1. The molecule has 0 amide bonds. The number of aromatic nitrogens is 2. The molecule has 0 aliphatic rings. The van der Waals surface area contributed by atoms with Gasteiger partial charge in [-0.2, -0.15) is 0 Å². The monoisotopic (exact) mass is 232 g/mol. The van der Waals surface area contributed by atoms with Crippen molar-refractivity contribution in [2.45, 2.75) is 26.2 Å². The maximum atomic E-state index is 11.6. The summed E-state index contributed by atoms with van der Waals surface area (Å²) < 4.78 is 4.75. The maximum absolute atomic E-state index is 11.6. The molecule has 17 heavy (non-hydrogen) atoms. The summed E-state index contributed by atoms with van der Waals surface area (Å²) in [5.74, 6) is 0.921. The van der Waals surface area contributed by atoms with Crippen LogP contribution in [0.15, 0.2) is 18.2 Å². The number of carbonyl (C=O) groups is 1. The SMILES string of the molecule is CCC(C)c1nc2c(C(=O)OC)cccc2[nH]1. The van der Waals surface area contributed by atoms with Gasteiger partial charge in [-0.15, -0.1) is 0 Å². The molecule has 4 heteroatoms. The first-order valence-corrected chi connectivity index (χ1v) is 5.74. The van der Waals surface area contributed by atoms with Crippen LogP contribution in [0.1, 0.15) is 42.4 Å². The Morgan fingerprint density at radius 3 is 2.94 bits per heavy atom. The number of aromatic amines is 1. The Balaban J connectivity index is 2.56. The number of hydrogen-bond acceptors (Lipinski definition) is 3. The van der Waals surface area contributed by atoms with E-state index in [1.54, 1.807) is 6.07 Å². The molecule has 0 spiro atoms. The van der Waals surface area contributed by atoms with Crippen LogP contribution >= 0.6 is 0 Å². The van der Waals surface area contributed by atoms with Crippen molar-refractivity contribution in [2.75, 3.05) is 7.11 Å². The first-order valence-electron chi connectivity index (χ1n) is 5.74. The molecule has 0 bridgehead atoms. The molecule has 2 rings (SSSR count). The maximum Gasteiger partial charge on any atom is 0.340 e. The smallest absolute Gasteiger partial charge is 0.340 e. The summed E-state index contributed by atoms with van der Waals surface area (Å²) in [5.41, 5.74) is 2.08. The molecule has 0 saturated carbocycles. The van der Waals surface area contributed by atoms with E-state index in [4.69, 9.17) is 4.74 Å². The van der Waals surface area contributed by atoms with Gasteiger partial charge in [-0.1, -0.05) is 19.9 Å². The number of fused-ring (bicyclic) bond motifs is 1. The molecule has 1 heterocycles. The van der Waals surface area contributed by atoms with Crippen LogP contribution in [0.4, 0.5) is 0 Å². The molecule has 90 valence electrons. The molecule has 1 aromatic carbocycles. The molecule has 0 aliphatic carbocycles. The lowest BCUT2D eigenvalue weighted by molar-refractivity contribution is 0.0603. The quantitative estimate of drug-likeness (QED) is 0.828. The number of methoxy groups -OCH3 is 1. The van der Waals surface area contributed by atoms with Crippen LogP contribution < -0.4 is 0 Å². The number of nitrogens with zero attached hydrogens (tertiary/aromatic N) is 1. The molecule has 0 saturated heterocycles. The van der Waals surface area contributed by atoms with E-state index < -0.39 is 0 Å². The second-order valence-corrected chi connectivity index (χ2v) is 4.12. The highest BCUT2D eigenvalue weighted by atomic mass is 16.5. The van der Waals surface area contributed by atoms with E-state index in [1.165, 1.54) is 7.11 Å². The summed E-state index contributed by atoms with van der Waals surface area (Å²) in [5, 5.41) is 0. The zero-order valence-electron chi connectivity index (χ0n) is 10.3. The molecule has 0 aliphatic heterocycles. The standard InChI is InChI=1S/C13H16N2O2/c1-4-8(2)12-14-10-7-5-6-9(11(10)15-12)13(16)17-3/h5-8H,4H2,1-3H3,(H,14,15). The lowest BCUT2D eigenvalue weighted by Crippen LogP contribution is -2.01. The third kappa shape index (κ3) is 2.02. The fourth-order valence-corrected chi connectivity index (χ4v) is 1.75. The fourth-order valence-electron chi connectivity index (χ4n) is 1.75. The van der Waals surface area contributed by atoms with E-state index in [2.05, 4.69) is 23.8 Å². The van der Waals surface area contributed by atoms with Crippen LogP contribution in [0.25, 0.3) is 11.0 Å². The van der Waals surface area contributed by atoms with Crippen LogP contribution in [-0.2, 0) is 4.74 Å². The van der Waals surface area contributed by atoms with Crippen molar-refractivity contribution in [1.82, 2.24) is 9.97 Å². The highest BCUT2D eigenvalue weighted by Gasteiger charge is 2.15. The highest BCUT2D eigenvalue weighted by molar-refractivity contribution is 6.01. The zero-order chi connectivity index (χ0) is 12.4. The van der Waals surface area contributed by atoms with Crippen molar-refractivity contribution >= 4 is 17.0 Å². The Morgan fingerprint density at radius 1 is 1.53 bits per heavy atom. The number of ether oxygens (including phenoxy) is 1. The lowest BCUT2D eigenvalue weighted by atomic mass is 10.1. The van der Waals surface area contributed by atoms with Gasteiger partial charge in [-0.3, -0.25) is 0 Å². The van der Waals surface area contributed by atoms with Crippen LogP contribution in [0.2, 0.25) is 0 Å². The number of carbonyl (C=O) groups excluding carboxylic acids is 1. The Bertz CT molecular complexity index is 545. The lowest BCUT2D eigenvalue weighted by Gasteiger charge is -2.02. The van der Waals surface area contributed by atoms with Crippen molar-refractivity contribution in [3.8, 4) is 0 Å². The summed E-state index contributed by atoms with van der Waals surface area (Å²) in [6, 6.07) is 5.48. The fraction of sp³-hybridized carbons (Fsp3) is 0.385. The van der Waals surface area contributed by atoms with Crippen LogP contribution in [0.3, 0.4) is 0 Å². The van der Waals surface area contributed by atoms with Crippen LogP contribution in [-0.4, -0.2) is 23.0 Å². The van der Waals surface area contributed by atoms with Gasteiger partial charge in [0.25, 0.3) is 0 Å². The predicted octanol–water partition coefficient (Wildman–Crippen LogP) is 2.86. The minimum Gasteiger partial charge on any atom is -0.465 e. The molecule has 4 nitrogen and oxygen atoms in total. The van der Waals surface area contributed by atoms with E-state index in [9.17, 15) is 4.79 Å². The van der Waals surface area contributed by atoms with E-state index in [-0.39, 0.29) is 5.97 Å². The van der Waals surface area contributed by atoms with Gasteiger partial charge < -0.3 is 9.72 Å². The summed E-state index contributed by atoms with van der Waals surface area (Å²) >= 11 is 0. The third-order valence-electron chi connectivity index (χ3n) is 3.02. The molecule has 1 atom stereocenters. The molecule has 0 radical (unpaired) electrons. The first-order chi connectivity index (χ1) is 8.17. The van der Waals surface area contributed by atoms with Gasteiger partial charge in [0, 0.05) is 5.92 Å². The van der Waals surface area contributed by atoms with Crippen LogP contribution in [0.5, 0.6) is 0 Å². The average Bonchev–Trinajstić information content (AvgIpc) is 2.80. The zero-order valence-corrected chi connectivity index (χ0v) is 10.3. The van der Waals surface area contributed by atoms with Crippen molar-refractivity contribution in [2.24, 2.45) is 0 Å². The van der Waals surface area contributed by atoms with Gasteiger partial charge >= 0.3 is 5.97 Å². The second kappa shape index (κ2) is 4.57. The Morgan fingerprint density at radius 2 is 2.29 bits per heavy atom. The Hall–Kier alpha value is -1.84. The van der Waals surface area contributed by atoms with Gasteiger partial charge in [0.15, 0.2) is 0 Å². The van der Waals surface area contributed by atoms with Crippen LogP contribution in [0, 0.1) is 0 Å². The van der Waals surface area contributed by atoms with Crippen molar-refractivity contribution in [1.29, 1.82) is 0 Å². The second-order valence-electron chi connectivity index (χ2n) is 4.12. The normalized spacial score (nSPS) is 12.6. The molecular weight excluding hydrogens is 216 g/mol. The first kappa shape index (κ1) is 11.6. The number of nitrogens with one attached hydrogen (secondary N) is 1. The minimum absolute atomic E-state index is 0.349. The van der Waals surface area contributed by atoms with Gasteiger partial charge in [-0.25, -0.2) is 9.78 Å². The summed E-state index contributed by atoms with van der Waals surface area (Å²) in [6.45, 7) is 4.22. The summed E-state index contributed by atoms with van der Waals surface area (Å²) in [6.07, 6.45) is 1.01. The third-order valence-corrected chi connectivity index (χ3v) is 3.02. The molecule has 1 aromatic heterocycles. The largest absolute Gasteiger partial charge is 0.465 e. The average molecular weight is 232 g/mol. The van der Waals surface area contributed by atoms with E-state index in [1.807, 2.05) is 12.1 Å². The Labute approximate surface area is 100 Å². The van der Waals surface area contributed by atoms with E-state index in [0.717, 1.165) is 17.8 Å². The number of benzene rings is 1. The highest BCUT2D eigenvalue weighted by Crippen LogP contribution is 2.22. The molecule has 2 aromatic rings.